The van der Waals surface area contributed by atoms with Crippen LogP contribution in [0.1, 0.15) is 18.1 Å². The van der Waals surface area contributed by atoms with Gasteiger partial charge in [-0.05, 0) is 41.0 Å². The van der Waals surface area contributed by atoms with E-state index in [1.165, 1.54) is 22.9 Å². The van der Waals surface area contributed by atoms with Crippen LogP contribution >= 0.6 is 11.3 Å². The van der Waals surface area contributed by atoms with Crippen molar-refractivity contribution in [1.29, 1.82) is 0 Å². The Bertz CT molecular complexity index is 923. The van der Waals surface area contributed by atoms with Crippen molar-refractivity contribution in [1.82, 2.24) is 0 Å². The van der Waals surface area contributed by atoms with Crippen LogP contribution in [0.3, 0.4) is 0 Å². The first kappa shape index (κ1) is 15.0. The third kappa shape index (κ3) is 2.39. The zero-order valence-electron chi connectivity index (χ0n) is 13.5. The summed E-state index contributed by atoms with van der Waals surface area (Å²) in [4.78, 5) is 13.8. The van der Waals surface area contributed by atoms with Crippen LogP contribution < -0.4 is 9.47 Å². The van der Waals surface area contributed by atoms with Gasteiger partial charge in [0, 0.05) is 23.8 Å². The molecule has 0 amide bonds. The number of rotatable bonds is 3. The highest BCUT2D eigenvalue weighted by atomic mass is 32.1. The first-order valence-electron chi connectivity index (χ1n) is 7.74. The Morgan fingerprint density at radius 2 is 1.79 bits per heavy atom. The van der Waals surface area contributed by atoms with Crippen molar-refractivity contribution in [3.63, 3.8) is 0 Å². The summed E-state index contributed by atoms with van der Waals surface area (Å²) in [6.07, 6.45) is 0.806. The summed E-state index contributed by atoms with van der Waals surface area (Å²) in [6.45, 7) is 1.45. The molecule has 0 radical (unpaired) electrons. The van der Waals surface area contributed by atoms with Crippen LogP contribution in [0, 0.1) is 0 Å². The summed E-state index contributed by atoms with van der Waals surface area (Å²) in [5, 5.41) is 0. The minimum absolute atomic E-state index is 0.290. The van der Waals surface area contributed by atoms with Crippen molar-refractivity contribution in [2.75, 3.05) is 7.11 Å². The summed E-state index contributed by atoms with van der Waals surface area (Å²) in [5.41, 5.74) is 4.67. The summed E-state index contributed by atoms with van der Waals surface area (Å²) < 4.78 is 10.8. The second-order valence-corrected chi connectivity index (χ2v) is 6.74. The fraction of sp³-hybridized carbons (Fsp3) is 0.150. The van der Waals surface area contributed by atoms with E-state index in [2.05, 4.69) is 12.1 Å². The van der Waals surface area contributed by atoms with Crippen LogP contribution in [0.4, 0.5) is 0 Å². The molecule has 3 aromatic rings. The van der Waals surface area contributed by atoms with E-state index in [0.29, 0.717) is 5.75 Å². The fourth-order valence-electron chi connectivity index (χ4n) is 3.10. The largest absolute Gasteiger partial charge is 0.497 e. The quantitative estimate of drug-likeness (QED) is 0.498. The lowest BCUT2D eigenvalue weighted by atomic mass is 10.1. The molecule has 0 unspecified atom stereocenters. The number of fused-ring (bicyclic) bond motifs is 3. The maximum Gasteiger partial charge on any atom is 0.308 e. The zero-order chi connectivity index (χ0) is 16.7. The van der Waals surface area contributed by atoms with Crippen molar-refractivity contribution in [3.8, 4) is 32.4 Å². The van der Waals surface area contributed by atoms with E-state index in [1.807, 2.05) is 36.4 Å². The zero-order valence-corrected chi connectivity index (χ0v) is 14.3. The van der Waals surface area contributed by atoms with E-state index in [-0.39, 0.29) is 5.97 Å². The average Bonchev–Trinajstić information content (AvgIpc) is 3.12. The number of ether oxygens (including phenoxy) is 2. The van der Waals surface area contributed by atoms with Gasteiger partial charge in [-0.1, -0.05) is 24.3 Å². The molecular formula is C20H16O3S. The highest BCUT2D eigenvalue weighted by Crippen LogP contribution is 2.52. The second kappa shape index (κ2) is 5.80. The molecule has 0 N–H and O–H groups in total. The SMILES string of the molecule is COc1ccc(-c2sc3c(c2OC(C)=O)Cc2ccccc2-3)cc1. The highest BCUT2D eigenvalue weighted by Gasteiger charge is 2.29. The Morgan fingerprint density at radius 3 is 2.50 bits per heavy atom. The Labute approximate surface area is 144 Å². The van der Waals surface area contributed by atoms with Gasteiger partial charge in [0.25, 0.3) is 0 Å². The molecule has 1 aliphatic carbocycles. The van der Waals surface area contributed by atoms with Crippen LogP contribution in [0.2, 0.25) is 0 Å². The van der Waals surface area contributed by atoms with Crippen molar-refractivity contribution in [3.05, 3.63) is 59.7 Å². The molecule has 24 heavy (non-hydrogen) atoms. The lowest BCUT2D eigenvalue weighted by Gasteiger charge is -2.07. The van der Waals surface area contributed by atoms with E-state index in [4.69, 9.17) is 9.47 Å². The van der Waals surface area contributed by atoms with Crippen LogP contribution in [-0.2, 0) is 11.2 Å². The minimum atomic E-state index is -0.290. The van der Waals surface area contributed by atoms with Gasteiger partial charge in [0.05, 0.1) is 12.0 Å². The van der Waals surface area contributed by atoms with Crippen molar-refractivity contribution >= 4 is 17.3 Å². The molecule has 4 rings (SSSR count). The van der Waals surface area contributed by atoms with Crippen molar-refractivity contribution < 1.29 is 14.3 Å². The molecule has 120 valence electrons. The topological polar surface area (TPSA) is 35.5 Å². The number of carbonyl (C=O) groups is 1. The molecule has 4 heteroatoms. The molecule has 1 heterocycles. The Kier molecular flexibility index (Phi) is 3.62. The number of thiophene rings is 1. The number of hydrogen-bond acceptors (Lipinski definition) is 4. The summed E-state index contributed by atoms with van der Waals surface area (Å²) in [5.74, 6) is 1.22. The van der Waals surface area contributed by atoms with Gasteiger partial charge < -0.3 is 9.47 Å². The standard InChI is InChI=1S/C20H16O3S/c1-12(21)23-18-17-11-14-5-3-4-6-16(14)20(17)24-19(18)13-7-9-15(22-2)10-8-13/h3-10H,11H2,1-2H3. The maximum atomic E-state index is 11.6. The molecule has 0 atom stereocenters. The van der Waals surface area contributed by atoms with Crippen LogP contribution in [0.5, 0.6) is 11.5 Å². The second-order valence-electron chi connectivity index (χ2n) is 5.72. The van der Waals surface area contributed by atoms with Crippen molar-refractivity contribution in [2.45, 2.75) is 13.3 Å². The van der Waals surface area contributed by atoms with Gasteiger partial charge in [-0.3, -0.25) is 4.79 Å². The first-order valence-corrected chi connectivity index (χ1v) is 8.56. The molecule has 2 aromatic carbocycles. The Morgan fingerprint density at radius 1 is 1.04 bits per heavy atom. The van der Waals surface area contributed by atoms with Gasteiger partial charge in [-0.15, -0.1) is 11.3 Å². The van der Waals surface area contributed by atoms with Crippen LogP contribution in [-0.4, -0.2) is 13.1 Å². The van der Waals surface area contributed by atoms with Gasteiger partial charge in [0.2, 0.25) is 0 Å². The van der Waals surface area contributed by atoms with Crippen LogP contribution in [0.25, 0.3) is 20.9 Å². The van der Waals surface area contributed by atoms with Crippen LogP contribution in [0.15, 0.2) is 48.5 Å². The molecule has 0 bridgehead atoms. The number of carbonyl (C=O) groups excluding carboxylic acids is 1. The van der Waals surface area contributed by atoms with E-state index in [1.54, 1.807) is 18.4 Å². The van der Waals surface area contributed by atoms with E-state index >= 15 is 0 Å². The lowest BCUT2D eigenvalue weighted by Crippen LogP contribution is -2.03. The molecule has 0 aliphatic heterocycles. The van der Waals surface area contributed by atoms with Gasteiger partial charge in [-0.25, -0.2) is 0 Å². The number of hydrogen-bond donors (Lipinski definition) is 0. The maximum absolute atomic E-state index is 11.6. The fourth-order valence-corrected chi connectivity index (χ4v) is 4.41. The third-order valence-corrected chi connectivity index (χ3v) is 5.48. The molecule has 0 fully saturated rings. The predicted molar refractivity (Wildman–Crippen MR) is 95.9 cm³/mol. The lowest BCUT2D eigenvalue weighted by molar-refractivity contribution is -0.131. The highest BCUT2D eigenvalue weighted by molar-refractivity contribution is 7.19. The predicted octanol–water partition coefficient (Wildman–Crippen LogP) is 4.92. The number of methoxy groups -OCH3 is 1. The molecule has 0 saturated carbocycles. The third-order valence-electron chi connectivity index (χ3n) is 4.19. The van der Waals surface area contributed by atoms with Crippen molar-refractivity contribution in [2.24, 2.45) is 0 Å². The van der Waals surface area contributed by atoms with Gasteiger partial charge in [0.15, 0.2) is 5.75 Å². The normalized spacial score (nSPS) is 11.8. The van der Waals surface area contributed by atoms with E-state index in [9.17, 15) is 4.79 Å². The smallest absolute Gasteiger partial charge is 0.308 e. The molecule has 1 aromatic heterocycles. The number of benzene rings is 2. The average molecular weight is 336 g/mol. The van der Waals surface area contributed by atoms with Gasteiger partial charge >= 0.3 is 5.97 Å². The summed E-state index contributed by atoms with van der Waals surface area (Å²) >= 11 is 1.68. The summed E-state index contributed by atoms with van der Waals surface area (Å²) in [7, 11) is 1.65. The van der Waals surface area contributed by atoms with E-state index in [0.717, 1.165) is 28.2 Å². The molecule has 3 nitrogen and oxygen atoms in total. The first-order chi connectivity index (χ1) is 11.7. The van der Waals surface area contributed by atoms with Gasteiger partial charge in [0.1, 0.15) is 5.75 Å². The molecule has 1 aliphatic rings. The monoisotopic (exact) mass is 336 g/mol. The minimum Gasteiger partial charge on any atom is -0.497 e. The molecular weight excluding hydrogens is 320 g/mol. The Balaban J connectivity index is 1.87. The molecule has 0 spiro atoms. The molecule has 0 saturated heterocycles. The van der Waals surface area contributed by atoms with Gasteiger partial charge in [-0.2, -0.15) is 0 Å². The summed E-state index contributed by atoms with van der Waals surface area (Å²) in [6, 6.07) is 16.2. The Hall–Kier alpha value is -2.59. The van der Waals surface area contributed by atoms with E-state index < -0.39 is 0 Å². The number of esters is 1.